The fourth-order valence-electron chi connectivity index (χ4n) is 1.67. The second kappa shape index (κ2) is 5.99. The number of nitrogens with one attached hydrogen (secondary N) is 2. The van der Waals surface area contributed by atoms with E-state index in [4.69, 9.17) is 0 Å². The normalized spacial score (nSPS) is 12.9. The average Bonchev–Trinajstić information content (AvgIpc) is 2.89. The van der Waals surface area contributed by atoms with Crippen LogP contribution in [0.2, 0.25) is 0 Å². The van der Waals surface area contributed by atoms with E-state index in [-0.39, 0.29) is 23.7 Å². The summed E-state index contributed by atoms with van der Waals surface area (Å²) in [6.45, 7) is 1.74. The Balaban J connectivity index is 2.25. The van der Waals surface area contributed by atoms with Crippen LogP contribution in [-0.2, 0) is 9.84 Å². The van der Waals surface area contributed by atoms with Crippen molar-refractivity contribution < 1.29 is 8.42 Å². The van der Waals surface area contributed by atoms with E-state index in [9.17, 15) is 8.42 Å². The lowest BCUT2D eigenvalue weighted by atomic mass is 10.4. The van der Waals surface area contributed by atoms with Crippen molar-refractivity contribution in [1.29, 1.82) is 0 Å². The molecule has 0 spiro atoms. The lowest BCUT2D eigenvalue weighted by Crippen LogP contribution is -2.26. The molecule has 1 atom stereocenters. The van der Waals surface area contributed by atoms with Crippen LogP contribution in [0.5, 0.6) is 0 Å². The van der Waals surface area contributed by atoms with E-state index in [2.05, 4.69) is 35.7 Å². The zero-order valence-corrected chi connectivity index (χ0v) is 12.7. The zero-order chi connectivity index (χ0) is 15.5. The highest BCUT2D eigenvalue weighted by atomic mass is 32.2. The van der Waals surface area contributed by atoms with Gasteiger partial charge in [0.2, 0.25) is 11.9 Å². The molecule has 2 heterocycles. The molecule has 0 aliphatic heterocycles. The van der Waals surface area contributed by atoms with Crippen LogP contribution in [0.3, 0.4) is 0 Å². The number of nitrogens with zero attached hydrogens (tertiary/aromatic N) is 6. The molecule has 0 aromatic carbocycles. The van der Waals surface area contributed by atoms with E-state index in [1.54, 1.807) is 14.0 Å². The van der Waals surface area contributed by atoms with Crippen molar-refractivity contribution in [3.05, 3.63) is 12.7 Å². The Bertz CT molecular complexity index is 700. The fraction of sp³-hybridized carbons (Fsp3) is 0.500. The van der Waals surface area contributed by atoms with Crippen LogP contribution in [-0.4, -0.2) is 63.2 Å². The summed E-state index contributed by atoms with van der Waals surface area (Å²) in [4.78, 5) is 16.3. The van der Waals surface area contributed by atoms with Gasteiger partial charge < -0.3 is 10.6 Å². The number of rotatable bonds is 6. The molecule has 0 radical (unpaired) electrons. The number of aromatic nitrogens is 6. The van der Waals surface area contributed by atoms with Gasteiger partial charge in [-0.05, 0) is 6.92 Å². The van der Waals surface area contributed by atoms with E-state index in [1.165, 1.54) is 23.6 Å². The molecule has 0 aliphatic rings. The third-order valence-corrected chi connectivity index (χ3v) is 3.50. The predicted molar refractivity (Wildman–Crippen MR) is 77.1 cm³/mol. The summed E-state index contributed by atoms with van der Waals surface area (Å²) in [5, 5.41) is 9.68. The van der Waals surface area contributed by atoms with Gasteiger partial charge in [0, 0.05) is 19.3 Å². The van der Waals surface area contributed by atoms with Crippen molar-refractivity contribution in [2.75, 3.05) is 29.7 Å². The molecule has 0 amide bonds. The zero-order valence-electron chi connectivity index (χ0n) is 11.8. The van der Waals surface area contributed by atoms with Gasteiger partial charge in [-0.15, -0.1) is 0 Å². The number of sulfone groups is 1. The van der Waals surface area contributed by atoms with Crippen LogP contribution in [0, 0.1) is 0 Å². The molecule has 0 fully saturated rings. The van der Waals surface area contributed by atoms with E-state index in [1.807, 2.05) is 0 Å². The summed E-state index contributed by atoms with van der Waals surface area (Å²) in [5.41, 5.74) is 0. The van der Waals surface area contributed by atoms with E-state index in [0.29, 0.717) is 5.95 Å². The summed E-state index contributed by atoms with van der Waals surface area (Å²) in [6, 6.07) is -0.337. The summed E-state index contributed by atoms with van der Waals surface area (Å²) < 4.78 is 23.9. The molecule has 1 unspecified atom stereocenters. The van der Waals surface area contributed by atoms with Gasteiger partial charge in [0.05, 0.1) is 5.75 Å². The van der Waals surface area contributed by atoms with Crippen LogP contribution in [0.4, 0.5) is 11.9 Å². The monoisotopic (exact) mass is 312 g/mol. The molecule has 11 heteroatoms. The van der Waals surface area contributed by atoms with Crippen LogP contribution < -0.4 is 10.6 Å². The maximum absolute atomic E-state index is 11.3. The van der Waals surface area contributed by atoms with Gasteiger partial charge in [-0.2, -0.15) is 24.7 Å². The maximum Gasteiger partial charge on any atom is 0.258 e. The molecular formula is C10H16N8O2S. The Morgan fingerprint density at radius 1 is 1.29 bits per heavy atom. The topological polar surface area (TPSA) is 128 Å². The smallest absolute Gasteiger partial charge is 0.258 e. The first-order valence-electron chi connectivity index (χ1n) is 6.10. The standard InChI is InChI=1S/C10H16N8O2S/c1-7(4-21(3,19)20)14-9-15-8(11-2)16-10(17-9)18-6-12-5-13-18/h5-7H,4H2,1-3H3,(H2,11,14,15,16,17). The third kappa shape index (κ3) is 4.34. The molecule has 0 aliphatic carbocycles. The summed E-state index contributed by atoms with van der Waals surface area (Å²) >= 11 is 0. The maximum atomic E-state index is 11.3. The Labute approximate surface area is 122 Å². The van der Waals surface area contributed by atoms with E-state index < -0.39 is 9.84 Å². The molecule has 2 rings (SSSR count). The first-order valence-corrected chi connectivity index (χ1v) is 8.16. The predicted octanol–water partition coefficient (Wildman–Crippen LogP) is -0.661. The molecule has 0 bridgehead atoms. The minimum Gasteiger partial charge on any atom is -0.357 e. The first-order chi connectivity index (χ1) is 9.87. The van der Waals surface area contributed by atoms with Gasteiger partial charge in [-0.1, -0.05) is 0 Å². The average molecular weight is 312 g/mol. The van der Waals surface area contributed by atoms with E-state index >= 15 is 0 Å². The minimum atomic E-state index is -3.09. The van der Waals surface area contributed by atoms with Crippen molar-refractivity contribution in [3.8, 4) is 5.95 Å². The lowest BCUT2D eigenvalue weighted by molar-refractivity contribution is 0.597. The van der Waals surface area contributed by atoms with Gasteiger partial charge in [-0.25, -0.2) is 13.4 Å². The first kappa shape index (κ1) is 15.1. The van der Waals surface area contributed by atoms with Crippen molar-refractivity contribution >= 4 is 21.7 Å². The summed E-state index contributed by atoms with van der Waals surface area (Å²) in [6.07, 6.45) is 4.00. The molecule has 21 heavy (non-hydrogen) atoms. The van der Waals surface area contributed by atoms with Gasteiger partial charge in [0.15, 0.2) is 0 Å². The Hall–Kier alpha value is -2.30. The SMILES string of the molecule is CNc1nc(NC(C)CS(C)(=O)=O)nc(-n2cncn2)n1. The molecule has 0 saturated carbocycles. The highest BCUT2D eigenvalue weighted by Crippen LogP contribution is 2.09. The largest absolute Gasteiger partial charge is 0.357 e. The Kier molecular flexibility index (Phi) is 4.31. The molecule has 0 saturated heterocycles. The van der Waals surface area contributed by atoms with Crippen molar-refractivity contribution in [3.63, 3.8) is 0 Å². The molecule has 10 nitrogen and oxygen atoms in total. The van der Waals surface area contributed by atoms with Crippen molar-refractivity contribution in [1.82, 2.24) is 29.7 Å². The van der Waals surface area contributed by atoms with E-state index in [0.717, 1.165) is 0 Å². The lowest BCUT2D eigenvalue weighted by Gasteiger charge is -2.13. The van der Waals surface area contributed by atoms with Crippen molar-refractivity contribution in [2.45, 2.75) is 13.0 Å². The third-order valence-electron chi connectivity index (χ3n) is 2.40. The molecular weight excluding hydrogens is 296 g/mol. The van der Waals surface area contributed by atoms with Gasteiger partial charge >= 0.3 is 0 Å². The van der Waals surface area contributed by atoms with Crippen LogP contribution in [0.1, 0.15) is 6.92 Å². The minimum absolute atomic E-state index is 0.0216. The summed E-state index contributed by atoms with van der Waals surface area (Å²) in [7, 11) is -1.42. The van der Waals surface area contributed by atoms with Gasteiger partial charge in [-0.3, -0.25) is 0 Å². The quantitative estimate of drug-likeness (QED) is 0.714. The molecule has 114 valence electrons. The second-order valence-electron chi connectivity index (χ2n) is 4.51. The highest BCUT2D eigenvalue weighted by molar-refractivity contribution is 7.90. The highest BCUT2D eigenvalue weighted by Gasteiger charge is 2.14. The number of hydrogen-bond donors (Lipinski definition) is 2. The molecule has 2 aromatic rings. The Morgan fingerprint density at radius 3 is 2.57 bits per heavy atom. The van der Waals surface area contributed by atoms with Crippen molar-refractivity contribution in [2.24, 2.45) is 0 Å². The van der Waals surface area contributed by atoms with Crippen LogP contribution in [0.15, 0.2) is 12.7 Å². The van der Waals surface area contributed by atoms with Gasteiger partial charge in [0.1, 0.15) is 22.5 Å². The molecule has 2 aromatic heterocycles. The Morgan fingerprint density at radius 2 is 2.00 bits per heavy atom. The number of anilines is 2. The van der Waals surface area contributed by atoms with Gasteiger partial charge in [0.25, 0.3) is 5.95 Å². The van der Waals surface area contributed by atoms with Crippen LogP contribution >= 0.6 is 0 Å². The van der Waals surface area contributed by atoms with Crippen LogP contribution in [0.25, 0.3) is 5.95 Å². The fourth-order valence-corrected chi connectivity index (χ4v) is 2.66. The second-order valence-corrected chi connectivity index (χ2v) is 6.70. The molecule has 2 N–H and O–H groups in total. The summed E-state index contributed by atoms with van der Waals surface area (Å²) in [5.74, 6) is 0.855. The number of hydrogen-bond acceptors (Lipinski definition) is 9.